The van der Waals surface area contributed by atoms with Crippen molar-refractivity contribution in [1.29, 1.82) is 0 Å². The third kappa shape index (κ3) is 3.63. The van der Waals surface area contributed by atoms with Crippen LogP contribution in [-0.4, -0.2) is 65.6 Å². The lowest BCUT2D eigenvalue weighted by molar-refractivity contribution is -0.137. The summed E-state index contributed by atoms with van der Waals surface area (Å²) in [4.78, 5) is 39.7. The number of hydrogen-bond donors (Lipinski definition) is 0. The lowest BCUT2D eigenvalue weighted by Gasteiger charge is -2.24. The first kappa shape index (κ1) is 19.6. The molecule has 2 aromatic rings. The fourth-order valence-electron chi connectivity index (χ4n) is 3.66. The van der Waals surface area contributed by atoms with E-state index in [1.54, 1.807) is 7.11 Å². The monoisotopic (exact) mass is 406 g/mol. The van der Waals surface area contributed by atoms with Gasteiger partial charge in [-0.3, -0.25) is 14.5 Å². The van der Waals surface area contributed by atoms with Gasteiger partial charge in [0.1, 0.15) is 18.8 Å². The van der Waals surface area contributed by atoms with Gasteiger partial charge in [-0.15, -0.1) is 0 Å². The summed E-state index contributed by atoms with van der Waals surface area (Å²) in [7, 11) is 3.13. The summed E-state index contributed by atoms with van der Waals surface area (Å²) in [6, 6.07) is 16.3. The average Bonchev–Trinajstić information content (AvgIpc) is 3.32. The Kier molecular flexibility index (Phi) is 5.22. The molecule has 0 N–H and O–H groups in total. The van der Waals surface area contributed by atoms with Gasteiger partial charge in [-0.25, -0.2) is 9.80 Å². The fourth-order valence-corrected chi connectivity index (χ4v) is 3.66. The summed E-state index contributed by atoms with van der Waals surface area (Å²) in [5.41, 5.74) is 2.61. The van der Waals surface area contributed by atoms with Crippen molar-refractivity contribution >= 4 is 23.6 Å². The third-order valence-electron chi connectivity index (χ3n) is 5.30. The molecule has 4 amide bonds. The number of amides is 4. The largest absolute Gasteiger partial charge is 0.497 e. The zero-order valence-corrected chi connectivity index (χ0v) is 16.8. The van der Waals surface area contributed by atoms with Gasteiger partial charge in [0, 0.05) is 13.5 Å². The van der Waals surface area contributed by atoms with Crippen LogP contribution in [0.15, 0.2) is 59.7 Å². The molecule has 0 saturated carbocycles. The Morgan fingerprint density at radius 1 is 1.10 bits per heavy atom. The Bertz CT molecular complexity index is 1000. The van der Waals surface area contributed by atoms with E-state index in [4.69, 9.17) is 4.74 Å². The van der Waals surface area contributed by atoms with E-state index in [0.717, 1.165) is 27.5 Å². The zero-order valence-electron chi connectivity index (χ0n) is 16.8. The van der Waals surface area contributed by atoms with E-state index >= 15 is 0 Å². The lowest BCUT2D eigenvalue weighted by atomic mass is 9.98. The van der Waals surface area contributed by atoms with Gasteiger partial charge in [0.05, 0.1) is 18.9 Å². The molecular weight excluding hydrogens is 384 g/mol. The standard InChI is InChI=1S/C22H22N4O4/c1-24-13-20(27)25(22(24)29)14-21(28)26-19(16-8-10-17(30-2)11-9-16)12-18(23-26)15-6-4-3-5-7-15/h3-11,19H,12-14H2,1-2H3/t19-/m1/s1. The molecule has 154 valence electrons. The molecule has 0 aliphatic carbocycles. The minimum Gasteiger partial charge on any atom is -0.497 e. The van der Waals surface area contributed by atoms with Crippen molar-refractivity contribution in [3.63, 3.8) is 0 Å². The number of rotatable bonds is 5. The number of likely N-dealkylation sites (N-methyl/N-ethyl adjacent to an activating group) is 1. The lowest BCUT2D eigenvalue weighted by Crippen LogP contribution is -2.41. The summed E-state index contributed by atoms with van der Waals surface area (Å²) in [5, 5.41) is 5.97. The van der Waals surface area contributed by atoms with E-state index in [2.05, 4.69) is 5.10 Å². The van der Waals surface area contributed by atoms with Gasteiger partial charge in [-0.1, -0.05) is 42.5 Å². The second kappa shape index (κ2) is 7.98. The number of carbonyl (C=O) groups excluding carboxylic acids is 3. The number of benzene rings is 2. The highest BCUT2D eigenvalue weighted by Crippen LogP contribution is 2.33. The number of hydrazone groups is 1. The van der Waals surface area contributed by atoms with Crippen LogP contribution in [0.2, 0.25) is 0 Å². The summed E-state index contributed by atoms with van der Waals surface area (Å²) in [5.74, 6) is -0.0721. The first-order valence-electron chi connectivity index (χ1n) is 9.62. The van der Waals surface area contributed by atoms with Crippen molar-refractivity contribution in [2.45, 2.75) is 12.5 Å². The second-order valence-electron chi connectivity index (χ2n) is 7.26. The minimum absolute atomic E-state index is 0.0213. The highest BCUT2D eigenvalue weighted by Gasteiger charge is 2.39. The average molecular weight is 406 g/mol. The predicted octanol–water partition coefficient (Wildman–Crippen LogP) is 2.27. The molecule has 0 radical (unpaired) electrons. The topological polar surface area (TPSA) is 82.5 Å². The second-order valence-corrected chi connectivity index (χ2v) is 7.26. The number of ether oxygens (including phenoxy) is 1. The molecule has 2 aliphatic rings. The summed E-state index contributed by atoms with van der Waals surface area (Å²) in [6.07, 6.45) is 0.532. The highest BCUT2D eigenvalue weighted by molar-refractivity contribution is 6.06. The normalized spacial score (nSPS) is 18.8. The van der Waals surface area contributed by atoms with Crippen LogP contribution in [0, 0.1) is 0 Å². The molecule has 4 rings (SSSR count). The first-order chi connectivity index (χ1) is 14.5. The van der Waals surface area contributed by atoms with Crippen molar-refractivity contribution in [3.05, 3.63) is 65.7 Å². The number of nitrogens with zero attached hydrogens (tertiary/aromatic N) is 4. The molecule has 1 saturated heterocycles. The van der Waals surface area contributed by atoms with Crippen molar-refractivity contribution in [3.8, 4) is 5.75 Å². The molecule has 2 aliphatic heterocycles. The molecule has 2 aromatic carbocycles. The molecular formula is C22H22N4O4. The van der Waals surface area contributed by atoms with E-state index in [0.29, 0.717) is 6.42 Å². The van der Waals surface area contributed by atoms with Crippen molar-refractivity contribution < 1.29 is 19.1 Å². The van der Waals surface area contributed by atoms with E-state index in [1.165, 1.54) is 17.0 Å². The minimum atomic E-state index is -0.471. The number of imide groups is 1. The highest BCUT2D eigenvalue weighted by atomic mass is 16.5. The van der Waals surface area contributed by atoms with Crippen LogP contribution in [0.4, 0.5) is 4.79 Å². The van der Waals surface area contributed by atoms with Crippen LogP contribution >= 0.6 is 0 Å². The summed E-state index contributed by atoms with van der Waals surface area (Å²) < 4.78 is 5.22. The smallest absolute Gasteiger partial charge is 0.327 e. The van der Waals surface area contributed by atoms with Crippen molar-refractivity contribution in [1.82, 2.24) is 14.8 Å². The van der Waals surface area contributed by atoms with Crippen LogP contribution in [0.25, 0.3) is 0 Å². The van der Waals surface area contributed by atoms with Crippen LogP contribution in [-0.2, 0) is 9.59 Å². The van der Waals surface area contributed by atoms with Gasteiger partial charge < -0.3 is 9.64 Å². The quantitative estimate of drug-likeness (QED) is 0.714. The van der Waals surface area contributed by atoms with Gasteiger partial charge >= 0.3 is 6.03 Å². The maximum atomic E-state index is 13.1. The van der Waals surface area contributed by atoms with Crippen LogP contribution in [0.3, 0.4) is 0 Å². The maximum absolute atomic E-state index is 13.1. The Morgan fingerprint density at radius 2 is 1.80 bits per heavy atom. The SMILES string of the molecule is COc1ccc([C@H]2CC(c3ccccc3)=NN2C(=O)CN2C(=O)CN(C)C2=O)cc1. The van der Waals surface area contributed by atoms with Crippen LogP contribution in [0.1, 0.15) is 23.6 Å². The Hall–Kier alpha value is -3.68. The number of carbonyl (C=O) groups is 3. The van der Waals surface area contributed by atoms with Crippen molar-refractivity contribution in [2.24, 2.45) is 5.10 Å². The van der Waals surface area contributed by atoms with Crippen LogP contribution in [0.5, 0.6) is 5.75 Å². The van der Waals surface area contributed by atoms with Gasteiger partial charge in [0.15, 0.2) is 0 Å². The van der Waals surface area contributed by atoms with Crippen LogP contribution < -0.4 is 4.74 Å². The molecule has 0 unspecified atom stereocenters. The molecule has 1 fully saturated rings. The molecule has 1 atom stereocenters. The molecule has 30 heavy (non-hydrogen) atoms. The summed E-state index contributed by atoms with van der Waals surface area (Å²) >= 11 is 0. The molecule has 0 spiro atoms. The number of hydrogen-bond acceptors (Lipinski definition) is 5. The van der Waals surface area contributed by atoms with E-state index in [9.17, 15) is 14.4 Å². The number of urea groups is 1. The maximum Gasteiger partial charge on any atom is 0.327 e. The molecule has 0 bridgehead atoms. The Labute approximate surface area is 174 Å². The van der Waals surface area contributed by atoms with Crippen molar-refractivity contribution in [2.75, 3.05) is 27.2 Å². The molecule has 0 aromatic heterocycles. The Morgan fingerprint density at radius 3 is 2.40 bits per heavy atom. The fraction of sp³-hybridized carbons (Fsp3) is 0.273. The van der Waals surface area contributed by atoms with Gasteiger partial charge in [-0.2, -0.15) is 5.10 Å². The molecule has 8 heteroatoms. The van der Waals surface area contributed by atoms with E-state index < -0.39 is 11.9 Å². The van der Waals surface area contributed by atoms with E-state index in [1.807, 2.05) is 54.6 Å². The molecule has 2 heterocycles. The Balaban J connectivity index is 1.62. The third-order valence-corrected chi connectivity index (χ3v) is 5.30. The van der Waals surface area contributed by atoms with Gasteiger partial charge in [0.2, 0.25) is 0 Å². The first-order valence-corrected chi connectivity index (χ1v) is 9.62. The predicted molar refractivity (Wildman–Crippen MR) is 110 cm³/mol. The molecule has 8 nitrogen and oxygen atoms in total. The van der Waals surface area contributed by atoms with Gasteiger partial charge in [-0.05, 0) is 23.3 Å². The van der Waals surface area contributed by atoms with Gasteiger partial charge in [0.25, 0.3) is 11.8 Å². The number of methoxy groups -OCH3 is 1. The summed E-state index contributed by atoms with van der Waals surface area (Å²) in [6.45, 7) is -0.354. The van der Waals surface area contributed by atoms with E-state index in [-0.39, 0.29) is 25.0 Å². The zero-order chi connectivity index (χ0) is 21.3.